The van der Waals surface area contributed by atoms with Crippen molar-refractivity contribution in [2.45, 2.75) is 13.3 Å². The summed E-state index contributed by atoms with van der Waals surface area (Å²) >= 11 is 0. The van der Waals surface area contributed by atoms with E-state index in [4.69, 9.17) is 4.57 Å². The van der Waals surface area contributed by atoms with Gasteiger partial charge in [0.2, 0.25) is 0 Å². The zero-order valence-electron chi connectivity index (χ0n) is 8.85. The van der Waals surface area contributed by atoms with E-state index in [1.807, 2.05) is 30.3 Å². The summed E-state index contributed by atoms with van der Waals surface area (Å²) < 4.78 is 20.5. The average molecular weight is 242 g/mol. The van der Waals surface area contributed by atoms with Crippen LogP contribution in [0.5, 0.6) is 0 Å². The Hall–Kier alpha value is -0.450. The zero-order chi connectivity index (χ0) is 11.3. The highest BCUT2D eigenvalue weighted by molar-refractivity contribution is 7.71. The number of benzene rings is 1. The van der Waals surface area contributed by atoms with Crippen LogP contribution in [0.4, 0.5) is 0 Å². The molecular formula is C11H16O2P2. The molecule has 1 aliphatic heterocycles. The lowest BCUT2D eigenvalue weighted by Crippen LogP contribution is -2.05. The van der Waals surface area contributed by atoms with Crippen LogP contribution in [0.25, 0.3) is 0 Å². The summed E-state index contributed by atoms with van der Waals surface area (Å²) in [5, 5.41) is 1.08. The lowest BCUT2D eigenvalue weighted by Gasteiger charge is -2.10. The molecule has 0 N–H and O–H groups in total. The molecule has 0 aromatic heterocycles. The minimum Gasteiger partial charge on any atom is -0.319 e. The summed E-state index contributed by atoms with van der Waals surface area (Å²) in [5.74, 6) is 0.644. The van der Waals surface area contributed by atoms with Crippen LogP contribution in [0.15, 0.2) is 30.3 Å². The maximum Gasteiger partial charge on any atom is 0.138 e. The molecule has 0 amide bonds. The van der Waals surface area contributed by atoms with Gasteiger partial charge in [-0.05, 0) is 12.3 Å². The fourth-order valence-electron chi connectivity index (χ4n) is 2.05. The van der Waals surface area contributed by atoms with Crippen LogP contribution >= 0.6 is 16.3 Å². The Morgan fingerprint density at radius 3 is 2.33 bits per heavy atom. The van der Waals surface area contributed by atoms with E-state index in [1.54, 1.807) is 9.12 Å². The summed E-state index contributed by atoms with van der Waals surface area (Å²) in [5.41, 5.74) is 0. The van der Waals surface area contributed by atoms with E-state index in [2.05, 4.69) is 6.92 Å². The lowest BCUT2D eigenvalue weighted by atomic mass is 10.2. The molecule has 82 valence electrons. The SMILES string of the molecule is CC1CCP(=O)(c2ccccc2)C1.O=P. The van der Waals surface area contributed by atoms with Gasteiger partial charge in [0.05, 0.1) is 0 Å². The van der Waals surface area contributed by atoms with E-state index in [-0.39, 0.29) is 0 Å². The predicted molar refractivity (Wildman–Crippen MR) is 66.2 cm³/mol. The van der Waals surface area contributed by atoms with Crippen LogP contribution < -0.4 is 5.30 Å². The van der Waals surface area contributed by atoms with Crippen LogP contribution in [-0.4, -0.2) is 12.3 Å². The van der Waals surface area contributed by atoms with Crippen molar-refractivity contribution in [1.82, 2.24) is 0 Å². The van der Waals surface area contributed by atoms with E-state index < -0.39 is 7.14 Å². The molecule has 2 nitrogen and oxygen atoms in total. The molecule has 1 aromatic rings. The summed E-state index contributed by atoms with van der Waals surface area (Å²) in [6.07, 6.45) is 2.96. The summed E-state index contributed by atoms with van der Waals surface area (Å²) in [6, 6.07) is 9.97. The second-order valence-corrected chi connectivity index (χ2v) is 7.13. The van der Waals surface area contributed by atoms with Crippen molar-refractivity contribution in [3.05, 3.63) is 30.3 Å². The number of hydrogen-bond acceptors (Lipinski definition) is 2. The Bertz CT molecular complexity index is 351. The average Bonchev–Trinajstić information content (AvgIpc) is 2.64. The van der Waals surface area contributed by atoms with Crippen LogP contribution in [0, 0.1) is 5.92 Å². The van der Waals surface area contributed by atoms with Crippen molar-refractivity contribution in [3.63, 3.8) is 0 Å². The fourth-order valence-corrected chi connectivity index (χ4v) is 5.46. The van der Waals surface area contributed by atoms with Crippen LogP contribution in [0.3, 0.4) is 0 Å². The zero-order valence-corrected chi connectivity index (χ0v) is 10.7. The molecule has 2 unspecified atom stereocenters. The Balaban J connectivity index is 0.000000531. The van der Waals surface area contributed by atoms with Crippen LogP contribution in [0.2, 0.25) is 0 Å². The van der Waals surface area contributed by atoms with Gasteiger partial charge in [-0.3, -0.25) is 4.57 Å². The van der Waals surface area contributed by atoms with Gasteiger partial charge in [0, 0.05) is 17.6 Å². The first kappa shape index (κ1) is 12.6. The maximum atomic E-state index is 12.4. The van der Waals surface area contributed by atoms with Crippen molar-refractivity contribution in [1.29, 1.82) is 0 Å². The lowest BCUT2D eigenvalue weighted by molar-refractivity contribution is 0.583. The Morgan fingerprint density at radius 1 is 1.27 bits per heavy atom. The number of hydrogen-bond donors (Lipinski definition) is 0. The Labute approximate surface area is 93.1 Å². The second-order valence-electron chi connectivity index (χ2n) is 4.02. The van der Waals surface area contributed by atoms with E-state index >= 15 is 0 Å². The highest BCUT2D eigenvalue weighted by atomic mass is 31.2. The normalized spacial score (nSPS) is 29.3. The van der Waals surface area contributed by atoms with Gasteiger partial charge in [-0.15, -0.1) is 0 Å². The molecule has 15 heavy (non-hydrogen) atoms. The van der Waals surface area contributed by atoms with Crippen molar-refractivity contribution in [2.75, 3.05) is 12.3 Å². The minimum atomic E-state index is -1.98. The van der Waals surface area contributed by atoms with Gasteiger partial charge in [-0.25, -0.2) is 0 Å². The van der Waals surface area contributed by atoms with Gasteiger partial charge in [0.15, 0.2) is 0 Å². The molecule has 1 heterocycles. The van der Waals surface area contributed by atoms with Crippen molar-refractivity contribution >= 4 is 21.6 Å². The predicted octanol–water partition coefficient (Wildman–Crippen LogP) is 3.19. The molecule has 0 bridgehead atoms. The largest absolute Gasteiger partial charge is 0.319 e. The van der Waals surface area contributed by atoms with Gasteiger partial charge in [-0.1, -0.05) is 37.3 Å². The van der Waals surface area contributed by atoms with Gasteiger partial charge in [-0.2, -0.15) is 0 Å². The van der Waals surface area contributed by atoms with Crippen molar-refractivity contribution in [3.8, 4) is 0 Å². The minimum absolute atomic E-state index is 0.644. The molecule has 2 atom stereocenters. The standard InChI is InChI=1S/C11H15OP.HOP/c1-10-7-8-13(12,9-10)11-5-3-2-4-6-11;1-2/h2-6,10H,7-9H2,1H3;2H. The first-order valence-corrected chi connectivity index (χ1v) is 7.53. The Kier molecular flexibility index (Phi) is 4.70. The molecule has 2 rings (SSSR count). The highest BCUT2D eigenvalue weighted by Gasteiger charge is 2.32. The summed E-state index contributed by atoms with van der Waals surface area (Å²) in [6.45, 7) is 2.20. The summed E-state index contributed by atoms with van der Waals surface area (Å²) in [4.78, 5) is 0. The third-order valence-electron chi connectivity index (χ3n) is 2.82. The first-order chi connectivity index (χ1) is 7.21. The van der Waals surface area contributed by atoms with Crippen LogP contribution in [-0.2, 0) is 9.13 Å². The van der Waals surface area contributed by atoms with Crippen molar-refractivity contribution in [2.24, 2.45) is 5.92 Å². The van der Waals surface area contributed by atoms with E-state index in [0.717, 1.165) is 24.0 Å². The van der Waals surface area contributed by atoms with Gasteiger partial charge >= 0.3 is 0 Å². The monoisotopic (exact) mass is 242 g/mol. The molecule has 1 saturated heterocycles. The first-order valence-electron chi connectivity index (χ1n) is 5.05. The molecule has 0 spiro atoms. The quantitative estimate of drug-likeness (QED) is 0.709. The third kappa shape index (κ3) is 3.00. The molecule has 4 heteroatoms. The maximum absolute atomic E-state index is 12.4. The van der Waals surface area contributed by atoms with E-state index in [0.29, 0.717) is 5.92 Å². The van der Waals surface area contributed by atoms with E-state index in [1.165, 1.54) is 0 Å². The molecule has 0 saturated carbocycles. The van der Waals surface area contributed by atoms with E-state index in [9.17, 15) is 4.57 Å². The molecule has 1 fully saturated rings. The fraction of sp³-hybridized carbons (Fsp3) is 0.455. The second kappa shape index (κ2) is 5.58. The highest BCUT2D eigenvalue weighted by Crippen LogP contribution is 2.52. The van der Waals surface area contributed by atoms with Crippen molar-refractivity contribution < 1.29 is 9.13 Å². The van der Waals surface area contributed by atoms with Gasteiger partial charge in [0.25, 0.3) is 0 Å². The van der Waals surface area contributed by atoms with Gasteiger partial charge < -0.3 is 4.57 Å². The Morgan fingerprint density at radius 2 is 1.87 bits per heavy atom. The number of rotatable bonds is 1. The molecule has 0 aliphatic carbocycles. The van der Waals surface area contributed by atoms with Crippen LogP contribution in [0.1, 0.15) is 13.3 Å². The smallest absolute Gasteiger partial charge is 0.138 e. The topological polar surface area (TPSA) is 34.1 Å². The summed E-state index contributed by atoms with van der Waals surface area (Å²) in [7, 11) is -0.256. The molecule has 1 aliphatic rings. The molecular weight excluding hydrogens is 226 g/mol. The van der Waals surface area contributed by atoms with Gasteiger partial charge in [0.1, 0.15) is 16.3 Å². The molecule has 1 aromatic carbocycles. The third-order valence-corrected chi connectivity index (χ3v) is 6.25. The molecule has 0 radical (unpaired) electrons.